The molecule has 0 aromatic rings. The predicted octanol–water partition coefficient (Wildman–Crippen LogP) is 7.08. The van der Waals surface area contributed by atoms with Gasteiger partial charge in [0.1, 0.15) is 0 Å². The molecule has 0 aliphatic heterocycles. The minimum absolute atomic E-state index is 0. The van der Waals surface area contributed by atoms with Gasteiger partial charge >= 0.3 is 0 Å². The van der Waals surface area contributed by atoms with E-state index < -0.39 is 0 Å². The molecule has 116 valence electrons. The van der Waals surface area contributed by atoms with Gasteiger partial charge < -0.3 is 0 Å². The van der Waals surface area contributed by atoms with Crippen molar-refractivity contribution < 1.29 is 0 Å². The molecular formula is C19H40. The van der Waals surface area contributed by atoms with Crippen molar-refractivity contribution >= 4 is 0 Å². The van der Waals surface area contributed by atoms with E-state index in [0.29, 0.717) is 0 Å². The first-order valence-corrected chi connectivity index (χ1v) is 8.65. The van der Waals surface area contributed by atoms with Gasteiger partial charge in [0, 0.05) is 0 Å². The monoisotopic (exact) mass is 268 g/mol. The van der Waals surface area contributed by atoms with Crippen LogP contribution in [-0.2, 0) is 0 Å². The summed E-state index contributed by atoms with van der Waals surface area (Å²) in [5.41, 5.74) is 0.803. The molecule has 2 fully saturated rings. The van der Waals surface area contributed by atoms with E-state index in [-0.39, 0.29) is 7.43 Å². The first-order valence-electron chi connectivity index (χ1n) is 8.65. The molecule has 2 aliphatic carbocycles. The molecule has 0 N–H and O–H groups in total. The lowest BCUT2D eigenvalue weighted by Crippen LogP contribution is -2.33. The topological polar surface area (TPSA) is 0 Å². The van der Waals surface area contributed by atoms with Crippen molar-refractivity contribution in [2.24, 2.45) is 23.2 Å². The summed E-state index contributed by atoms with van der Waals surface area (Å²) in [6, 6.07) is 0. The Balaban J connectivity index is 0.00000103. The summed E-state index contributed by atoms with van der Waals surface area (Å²) >= 11 is 0. The Labute approximate surface area is 123 Å². The average Bonchev–Trinajstić information content (AvgIpc) is 2.42. The van der Waals surface area contributed by atoms with Crippen LogP contribution < -0.4 is 0 Å². The van der Waals surface area contributed by atoms with Crippen LogP contribution in [0.25, 0.3) is 0 Å². The third kappa shape index (κ3) is 5.12. The van der Waals surface area contributed by atoms with Gasteiger partial charge in [-0.05, 0) is 74.5 Å². The van der Waals surface area contributed by atoms with Crippen molar-refractivity contribution in [2.75, 3.05) is 0 Å². The molecule has 0 heteroatoms. The Morgan fingerprint density at radius 1 is 0.895 bits per heavy atom. The van der Waals surface area contributed by atoms with Crippen LogP contribution >= 0.6 is 0 Å². The van der Waals surface area contributed by atoms with Crippen LogP contribution in [0.5, 0.6) is 0 Å². The van der Waals surface area contributed by atoms with E-state index in [0.717, 1.165) is 23.2 Å². The molecule has 0 aromatic heterocycles. The molecular weight excluding hydrogens is 228 g/mol. The summed E-state index contributed by atoms with van der Waals surface area (Å²) < 4.78 is 0. The SMILES string of the molecule is C.CC.CCC1CCC2(CC1)CCC(C(C)C)CC2. The summed E-state index contributed by atoms with van der Waals surface area (Å²) in [6.07, 6.45) is 13.7. The van der Waals surface area contributed by atoms with Crippen LogP contribution in [-0.4, -0.2) is 0 Å². The Morgan fingerprint density at radius 2 is 1.32 bits per heavy atom. The highest BCUT2D eigenvalue weighted by Gasteiger charge is 2.38. The fourth-order valence-corrected chi connectivity index (χ4v) is 4.12. The van der Waals surface area contributed by atoms with Gasteiger partial charge in [0.2, 0.25) is 0 Å². The zero-order valence-electron chi connectivity index (χ0n) is 13.6. The van der Waals surface area contributed by atoms with E-state index in [9.17, 15) is 0 Å². The van der Waals surface area contributed by atoms with Crippen molar-refractivity contribution in [3.05, 3.63) is 0 Å². The second-order valence-corrected chi connectivity index (χ2v) is 6.93. The maximum absolute atomic E-state index is 2.41. The smallest absolute Gasteiger partial charge is 0.0297 e. The third-order valence-corrected chi connectivity index (χ3v) is 5.78. The zero-order chi connectivity index (χ0) is 13.6. The van der Waals surface area contributed by atoms with Crippen molar-refractivity contribution in [1.82, 2.24) is 0 Å². The molecule has 2 aliphatic rings. The van der Waals surface area contributed by atoms with Crippen LogP contribution in [0.15, 0.2) is 0 Å². The van der Waals surface area contributed by atoms with Gasteiger partial charge in [-0.25, -0.2) is 0 Å². The second-order valence-electron chi connectivity index (χ2n) is 6.93. The molecule has 0 aromatic carbocycles. The molecule has 19 heavy (non-hydrogen) atoms. The van der Waals surface area contributed by atoms with Crippen LogP contribution in [0.3, 0.4) is 0 Å². The van der Waals surface area contributed by atoms with Gasteiger partial charge in [-0.15, -0.1) is 0 Å². The van der Waals surface area contributed by atoms with E-state index >= 15 is 0 Å². The molecule has 0 saturated heterocycles. The molecule has 0 nitrogen and oxygen atoms in total. The summed E-state index contributed by atoms with van der Waals surface area (Å²) in [5, 5.41) is 0. The Morgan fingerprint density at radius 3 is 1.68 bits per heavy atom. The molecule has 0 heterocycles. The highest BCUT2D eigenvalue weighted by atomic mass is 14.4. The highest BCUT2D eigenvalue weighted by molar-refractivity contribution is 4.90. The maximum Gasteiger partial charge on any atom is -0.0297 e. The average molecular weight is 269 g/mol. The Hall–Kier alpha value is 0. The Bertz CT molecular complexity index is 198. The van der Waals surface area contributed by atoms with Crippen molar-refractivity contribution in [3.8, 4) is 0 Å². The largest absolute Gasteiger partial charge is 0.0776 e. The lowest BCUT2D eigenvalue weighted by Gasteiger charge is -2.45. The summed E-state index contributed by atoms with van der Waals surface area (Å²) in [5.74, 6) is 3.02. The predicted molar refractivity (Wildman–Crippen MR) is 89.6 cm³/mol. The molecule has 2 rings (SSSR count). The quantitative estimate of drug-likeness (QED) is 0.502. The van der Waals surface area contributed by atoms with Gasteiger partial charge in [0.05, 0.1) is 0 Å². The molecule has 0 radical (unpaired) electrons. The van der Waals surface area contributed by atoms with Gasteiger partial charge in [0.25, 0.3) is 0 Å². The standard InChI is InChI=1S/C16H30.C2H6.CH4/c1-4-14-5-9-16(10-6-14)11-7-15(8-12-16)13(2)3;1-2;/h13-15H,4-12H2,1-3H3;1-2H3;1H4. The first-order chi connectivity index (χ1) is 8.65. The molecule has 0 bridgehead atoms. The molecule has 0 atom stereocenters. The van der Waals surface area contributed by atoms with Gasteiger partial charge in [-0.3, -0.25) is 0 Å². The minimum Gasteiger partial charge on any atom is -0.0776 e. The number of hydrogen-bond donors (Lipinski definition) is 0. The maximum atomic E-state index is 2.41. The zero-order valence-corrected chi connectivity index (χ0v) is 13.6. The van der Waals surface area contributed by atoms with Crippen molar-refractivity contribution in [1.29, 1.82) is 0 Å². The van der Waals surface area contributed by atoms with E-state index in [1.807, 2.05) is 13.8 Å². The van der Waals surface area contributed by atoms with Crippen LogP contribution in [0, 0.1) is 23.2 Å². The van der Waals surface area contributed by atoms with Crippen LogP contribution in [0.4, 0.5) is 0 Å². The van der Waals surface area contributed by atoms with Crippen LogP contribution in [0.2, 0.25) is 0 Å². The highest BCUT2D eigenvalue weighted by Crippen LogP contribution is 2.51. The van der Waals surface area contributed by atoms with E-state index in [1.165, 1.54) is 32.1 Å². The van der Waals surface area contributed by atoms with Gasteiger partial charge in [-0.1, -0.05) is 48.5 Å². The molecule has 0 unspecified atom stereocenters. The number of hydrogen-bond acceptors (Lipinski definition) is 0. The van der Waals surface area contributed by atoms with Gasteiger partial charge in [0.15, 0.2) is 0 Å². The molecule has 1 spiro atoms. The molecule has 2 saturated carbocycles. The number of rotatable bonds is 2. The molecule has 0 amide bonds. The summed E-state index contributed by atoms with van der Waals surface area (Å²) in [7, 11) is 0. The summed E-state index contributed by atoms with van der Waals surface area (Å²) in [4.78, 5) is 0. The van der Waals surface area contributed by atoms with Crippen molar-refractivity contribution in [3.63, 3.8) is 0 Å². The summed E-state index contributed by atoms with van der Waals surface area (Å²) in [6.45, 7) is 11.2. The fourth-order valence-electron chi connectivity index (χ4n) is 4.12. The Kier molecular flexibility index (Phi) is 9.03. The lowest BCUT2D eigenvalue weighted by atomic mass is 9.60. The third-order valence-electron chi connectivity index (χ3n) is 5.78. The lowest BCUT2D eigenvalue weighted by molar-refractivity contribution is 0.0636. The van der Waals surface area contributed by atoms with E-state index in [1.54, 1.807) is 25.7 Å². The van der Waals surface area contributed by atoms with E-state index in [4.69, 9.17) is 0 Å². The normalized spacial score (nSPS) is 34.4. The van der Waals surface area contributed by atoms with Gasteiger partial charge in [-0.2, -0.15) is 0 Å². The fraction of sp³-hybridized carbons (Fsp3) is 1.00. The van der Waals surface area contributed by atoms with E-state index in [2.05, 4.69) is 20.8 Å². The van der Waals surface area contributed by atoms with Crippen molar-refractivity contribution in [2.45, 2.75) is 99.8 Å². The second kappa shape index (κ2) is 9.03. The van der Waals surface area contributed by atoms with Crippen LogP contribution in [0.1, 0.15) is 99.8 Å². The first kappa shape index (κ1) is 19.0. The minimum atomic E-state index is 0.